The highest BCUT2D eigenvalue weighted by atomic mass is 35.5. The van der Waals surface area contributed by atoms with Crippen molar-refractivity contribution in [3.05, 3.63) is 71.3 Å². The maximum Gasteiger partial charge on any atom is 0.201 e. The van der Waals surface area contributed by atoms with Crippen LogP contribution in [0, 0.1) is 0 Å². The van der Waals surface area contributed by atoms with Gasteiger partial charge in [-0.3, -0.25) is 4.98 Å². The summed E-state index contributed by atoms with van der Waals surface area (Å²) in [6.07, 6.45) is 1.80. The van der Waals surface area contributed by atoms with E-state index in [1.165, 1.54) is 0 Å². The van der Waals surface area contributed by atoms with Crippen LogP contribution in [0.15, 0.2) is 54.7 Å². The monoisotopic (exact) mass is 378 g/mol. The van der Waals surface area contributed by atoms with E-state index in [1.807, 2.05) is 18.2 Å². The zero-order valence-electron chi connectivity index (χ0n) is 15.1. The van der Waals surface area contributed by atoms with E-state index in [0.717, 1.165) is 28.3 Å². The zero-order chi connectivity index (χ0) is 18.8. The van der Waals surface area contributed by atoms with Gasteiger partial charge in [-0.25, -0.2) is 0 Å². The summed E-state index contributed by atoms with van der Waals surface area (Å²) in [5.41, 5.74) is 4.68. The Morgan fingerprint density at radius 3 is 2.59 bits per heavy atom. The first-order valence-corrected chi connectivity index (χ1v) is 9.15. The molecule has 0 radical (unpaired) electrons. The summed E-state index contributed by atoms with van der Waals surface area (Å²) in [5.74, 6) is 0.994. The first kappa shape index (κ1) is 17.4. The van der Waals surface area contributed by atoms with Crippen LogP contribution >= 0.6 is 11.6 Å². The average Bonchev–Trinajstić information content (AvgIpc) is 3.11. The van der Waals surface area contributed by atoms with E-state index in [4.69, 9.17) is 11.6 Å². The van der Waals surface area contributed by atoms with Crippen molar-refractivity contribution in [3.8, 4) is 11.3 Å². The molecule has 0 aliphatic carbocycles. The number of fused-ring (bicyclic) bond motifs is 1. The minimum absolute atomic E-state index is 0.206. The molecular weight excluding hydrogens is 360 g/mol. The molecule has 1 N–H and O–H groups in total. The summed E-state index contributed by atoms with van der Waals surface area (Å²) < 4.78 is 1.71. The van der Waals surface area contributed by atoms with Crippen LogP contribution < -0.4 is 5.32 Å². The lowest BCUT2D eigenvalue weighted by Gasteiger charge is -2.09. The summed E-state index contributed by atoms with van der Waals surface area (Å²) in [6, 6.07) is 16.0. The molecule has 0 spiro atoms. The number of nitrogens with one attached hydrogen (secondary N) is 1. The van der Waals surface area contributed by atoms with Gasteiger partial charge in [0.15, 0.2) is 11.0 Å². The van der Waals surface area contributed by atoms with Crippen molar-refractivity contribution in [1.29, 1.82) is 0 Å². The molecule has 4 aromatic rings. The SMILES string of the molecule is CC(C)c1nnc2c(NCc3ccc(-c4ccccn4)cc3)cc(Cl)nn12. The molecule has 0 unspecified atom stereocenters. The molecule has 0 saturated carbocycles. The number of benzene rings is 1. The van der Waals surface area contributed by atoms with Crippen molar-refractivity contribution in [3.63, 3.8) is 0 Å². The van der Waals surface area contributed by atoms with Gasteiger partial charge in [-0.05, 0) is 17.7 Å². The highest BCUT2D eigenvalue weighted by Crippen LogP contribution is 2.23. The van der Waals surface area contributed by atoms with Gasteiger partial charge in [-0.2, -0.15) is 9.61 Å². The quantitative estimate of drug-likeness (QED) is 0.550. The molecule has 0 fully saturated rings. The fourth-order valence-corrected chi connectivity index (χ4v) is 3.07. The molecule has 0 amide bonds. The average molecular weight is 379 g/mol. The van der Waals surface area contributed by atoms with Crippen molar-refractivity contribution in [1.82, 2.24) is 24.8 Å². The highest BCUT2D eigenvalue weighted by Gasteiger charge is 2.14. The van der Waals surface area contributed by atoms with Crippen LogP contribution in [0.5, 0.6) is 0 Å². The Balaban J connectivity index is 1.55. The molecule has 0 aliphatic heterocycles. The minimum atomic E-state index is 0.206. The van der Waals surface area contributed by atoms with Gasteiger partial charge in [0.2, 0.25) is 5.65 Å². The molecule has 27 heavy (non-hydrogen) atoms. The van der Waals surface area contributed by atoms with E-state index in [0.29, 0.717) is 17.3 Å². The summed E-state index contributed by atoms with van der Waals surface area (Å²) in [7, 11) is 0. The van der Waals surface area contributed by atoms with Crippen molar-refractivity contribution in [2.45, 2.75) is 26.3 Å². The second kappa shape index (κ2) is 7.32. The van der Waals surface area contributed by atoms with E-state index < -0.39 is 0 Å². The number of nitrogens with zero attached hydrogens (tertiary/aromatic N) is 5. The molecule has 3 heterocycles. The lowest BCUT2D eigenvalue weighted by Crippen LogP contribution is -2.05. The van der Waals surface area contributed by atoms with E-state index in [2.05, 4.69) is 63.7 Å². The van der Waals surface area contributed by atoms with Crippen molar-refractivity contribution in [2.24, 2.45) is 0 Å². The number of rotatable bonds is 5. The van der Waals surface area contributed by atoms with Crippen molar-refractivity contribution < 1.29 is 0 Å². The molecule has 7 heteroatoms. The fraction of sp³-hybridized carbons (Fsp3) is 0.200. The Morgan fingerprint density at radius 2 is 1.89 bits per heavy atom. The lowest BCUT2D eigenvalue weighted by molar-refractivity contribution is 0.721. The van der Waals surface area contributed by atoms with Crippen LogP contribution in [0.1, 0.15) is 31.2 Å². The molecular formula is C20H19ClN6. The molecule has 0 aliphatic rings. The van der Waals surface area contributed by atoms with Crippen LogP contribution in [-0.2, 0) is 6.54 Å². The van der Waals surface area contributed by atoms with Gasteiger partial charge in [0.25, 0.3) is 0 Å². The summed E-state index contributed by atoms with van der Waals surface area (Å²) in [5, 5.41) is 16.6. The Labute approximate surface area is 162 Å². The van der Waals surface area contributed by atoms with E-state index in [1.54, 1.807) is 16.8 Å². The number of hydrogen-bond donors (Lipinski definition) is 1. The molecule has 0 saturated heterocycles. The maximum absolute atomic E-state index is 6.19. The predicted molar refractivity (Wildman–Crippen MR) is 107 cm³/mol. The van der Waals surface area contributed by atoms with E-state index in [9.17, 15) is 0 Å². The Morgan fingerprint density at radius 1 is 1.07 bits per heavy atom. The van der Waals surface area contributed by atoms with Gasteiger partial charge in [0, 0.05) is 30.3 Å². The third-order valence-corrected chi connectivity index (χ3v) is 4.46. The second-order valence-electron chi connectivity index (χ2n) is 6.59. The Kier molecular flexibility index (Phi) is 4.73. The maximum atomic E-state index is 6.19. The smallest absolute Gasteiger partial charge is 0.201 e. The number of hydrogen-bond acceptors (Lipinski definition) is 5. The molecule has 4 rings (SSSR count). The standard InChI is InChI=1S/C20H19ClN6/c1-13(2)19-24-25-20-17(11-18(21)26-27(19)20)23-12-14-6-8-15(9-7-14)16-5-3-4-10-22-16/h3-11,13,23H,12H2,1-2H3. The number of pyridine rings is 1. The van der Waals surface area contributed by atoms with Gasteiger partial charge >= 0.3 is 0 Å². The largest absolute Gasteiger partial charge is 0.378 e. The first-order chi connectivity index (χ1) is 13.1. The molecule has 0 bridgehead atoms. The van der Waals surface area contributed by atoms with Crippen LogP contribution in [0.4, 0.5) is 5.69 Å². The summed E-state index contributed by atoms with van der Waals surface area (Å²) in [4.78, 5) is 4.38. The van der Waals surface area contributed by atoms with Crippen LogP contribution in [-0.4, -0.2) is 24.8 Å². The summed E-state index contributed by atoms with van der Waals surface area (Å²) >= 11 is 6.19. The third kappa shape index (κ3) is 3.61. The van der Waals surface area contributed by atoms with Gasteiger partial charge in [-0.1, -0.05) is 55.8 Å². The molecule has 1 aromatic carbocycles. The van der Waals surface area contributed by atoms with Crippen LogP contribution in [0.3, 0.4) is 0 Å². The first-order valence-electron chi connectivity index (χ1n) is 8.78. The van der Waals surface area contributed by atoms with Crippen molar-refractivity contribution in [2.75, 3.05) is 5.32 Å². The predicted octanol–water partition coefficient (Wildman–Crippen LogP) is 4.58. The number of aromatic nitrogens is 5. The zero-order valence-corrected chi connectivity index (χ0v) is 15.9. The topological polar surface area (TPSA) is 68.0 Å². The third-order valence-electron chi connectivity index (χ3n) is 4.28. The minimum Gasteiger partial charge on any atom is -0.378 e. The van der Waals surface area contributed by atoms with E-state index >= 15 is 0 Å². The molecule has 6 nitrogen and oxygen atoms in total. The number of anilines is 1. The van der Waals surface area contributed by atoms with Gasteiger partial charge < -0.3 is 5.32 Å². The molecule has 0 atom stereocenters. The fourth-order valence-electron chi connectivity index (χ4n) is 2.88. The second-order valence-corrected chi connectivity index (χ2v) is 6.98. The van der Waals surface area contributed by atoms with Gasteiger partial charge in [0.05, 0.1) is 11.4 Å². The Hall–Kier alpha value is -2.99. The van der Waals surface area contributed by atoms with Crippen LogP contribution in [0.2, 0.25) is 5.15 Å². The Bertz CT molecular complexity index is 1060. The van der Waals surface area contributed by atoms with Gasteiger partial charge in [-0.15, -0.1) is 10.2 Å². The molecule has 136 valence electrons. The number of halogens is 1. The highest BCUT2D eigenvalue weighted by molar-refractivity contribution is 6.29. The van der Waals surface area contributed by atoms with Crippen LogP contribution in [0.25, 0.3) is 16.9 Å². The van der Waals surface area contributed by atoms with Crippen molar-refractivity contribution >= 4 is 22.9 Å². The normalized spacial score (nSPS) is 11.3. The lowest BCUT2D eigenvalue weighted by atomic mass is 10.1. The van der Waals surface area contributed by atoms with E-state index in [-0.39, 0.29) is 5.92 Å². The summed E-state index contributed by atoms with van der Waals surface area (Å²) in [6.45, 7) is 4.74. The van der Waals surface area contributed by atoms with Gasteiger partial charge in [0.1, 0.15) is 0 Å². The molecule has 3 aromatic heterocycles.